The minimum absolute atomic E-state index is 0.184. The van der Waals surface area contributed by atoms with Gasteiger partial charge in [-0.15, -0.1) is 16.4 Å². The van der Waals surface area contributed by atoms with Crippen molar-refractivity contribution in [2.75, 3.05) is 11.6 Å². The van der Waals surface area contributed by atoms with E-state index in [1.165, 1.54) is 11.1 Å². The zero-order valence-corrected chi connectivity index (χ0v) is 20.0. The Morgan fingerprint density at radius 1 is 1.12 bits per heavy atom. The van der Waals surface area contributed by atoms with Gasteiger partial charge in [-0.25, -0.2) is 9.79 Å². The number of hydrogen-bond donors (Lipinski definition) is 0. The topological polar surface area (TPSA) is 57.5 Å². The molecule has 0 radical (unpaired) electrons. The summed E-state index contributed by atoms with van der Waals surface area (Å²) in [4.78, 5) is 21.3. The molecule has 0 N–H and O–H groups in total. The monoisotopic (exact) mass is 488 g/mol. The number of carbonyl (C=O) groups excluding carboxylic acids is 1. The van der Waals surface area contributed by atoms with E-state index in [0.717, 1.165) is 34.7 Å². The molecule has 3 heterocycles. The number of benzene rings is 2. The number of halogens is 1. The third-order valence-corrected chi connectivity index (χ3v) is 7.39. The molecule has 1 aromatic heterocycles. The number of esters is 1. The van der Waals surface area contributed by atoms with Crippen molar-refractivity contribution in [3.05, 3.63) is 92.6 Å². The lowest BCUT2D eigenvalue weighted by Crippen LogP contribution is -2.46. The summed E-state index contributed by atoms with van der Waals surface area (Å²) in [5.41, 5.74) is 5.35. The van der Waals surface area contributed by atoms with Crippen molar-refractivity contribution < 1.29 is 9.53 Å². The van der Waals surface area contributed by atoms with Crippen molar-refractivity contribution in [3.8, 4) is 0 Å². The highest BCUT2D eigenvalue weighted by molar-refractivity contribution is 7.10. The van der Waals surface area contributed by atoms with Crippen LogP contribution in [0.15, 0.2) is 81.7 Å². The fourth-order valence-corrected chi connectivity index (χ4v) is 5.72. The van der Waals surface area contributed by atoms with Crippen LogP contribution in [0.1, 0.15) is 35.4 Å². The van der Waals surface area contributed by atoms with E-state index in [0.29, 0.717) is 11.0 Å². The molecule has 6 rings (SSSR count). The van der Waals surface area contributed by atoms with Crippen LogP contribution in [0.3, 0.4) is 0 Å². The van der Waals surface area contributed by atoms with E-state index >= 15 is 0 Å². The Kier molecular flexibility index (Phi) is 5.23. The molecule has 1 atom stereocenters. The van der Waals surface area contributed by atoms with Gasteiger partial charge in [0.25, 0.3) is 0 Å². The van der Waals surface area contributed by atoms with E-state index in [4.69, 9.17) is 26.4 Å². The number of aryl methyl sites for hydroxylation is 1. The van der Waals surface area contributed by atoms with Gasteiger partial charge < -0.3 is 4.74 Å². The SMILES string of the molecule is CCOC(=O)C1=NN(c2ccc(Cl)cc2)C2=NC3=C(CCc4ccccc43)[C@H](c3cccs3)N12. The highest BCUT2D eigenvalue weighted by Gasteiger charge is 2.47. The van der Waals surface area contributed by atoms with Crippen LogP contribution in [0, 0.1) is 0 Å². The predicted molar refractivity (Wildman–Crippen MR) is 136 cm³/mol. The summed E-state index contributed by atoms with van der Waals surface area (Å²) in [6.07, 6.45) is 1.79. The highest BCUT2D eigenvalue weighted by Crippen LogP contribution is 2.47. The highest BCUT2D eigenvalue weighted by atomic mass is 35.5. The van der Waals surface area contributed by atoms with Crippen molar-refractivity contribution in [2.45, 2.75) is 25.8 Å². The Bertz CT molecular complexity index is 1360. The van der Waals surface area contributed by atoms with Crippen LogP contribution in [-0.2, 0) is 16.0 Å². The van der Waals surface area contributed by atoms with Crippen LogP contribution in [0.4, 0.5) is 5.69 Å². The number of amidine groups is 1. The number of hydrazone groups is 1. The van der Waals surface area contributed by atoms with Crippen LogP contribution in [0.2, 0.25) is 5.02 Å². The molecule has 1 aliphatic carbocycles. The van der Waals surface area contributed by atoms with Crippen LogP contribution in [-0.4, -0.2) is 29.3 Å². The number of guanidine groups is 1. The average Bonchev–Trinajstić information content (AvgIpc) is 3.52. The number of fused-ring (bicyclic) bond motifs is 3. The second-order valence-electron chi connectivity index (χ2n) is 8.16. The van der Waals surface area contributed by atoms with Crippen molar-refractivity contribution in [1.29, 1.82) is 0 Å². The Morgan fingerprint density at radius 2 is 1.94 bits per heavy atom. The first-order chi connectivity index (χ1) is 16.7. The number of rotatable bonds is 4. The number of hydrogen-bond acceptors (Lipinski definition) is 7. The van der Waals surface area contributed by atoms with Gasteiger partial charge in [0.2, 0.25) is 11.8 Å². The van der Waals surface area contributed by atoms with E-state index in [-0.39, 0.29) is 18.5 Å². The molecule has 0 bridgehead atoms. The Balaban J connectivity index is 1.58. The lowest BCUT2D eigenvalue weighted by Gasteiger charge is -2.38. The van der Waals surface area contributed by atoms with Crippen molar-refractivity contribution in [1.82, 2.24) is 4.90 Å². The van der Waals surface area contributed by atoms with Gasteiger partial charge in [-0.05, 0) is 66.6 Å². The summed E-state index contributed by atoms with van der Waals surface area (Å²) in [6.45, 7) is 2.06. The molecule has 34 heavy (non-hydrogen) atoms. The fourth-order valence-electron chi connectivity index (χ4n) is 4.74. The molecule has 2 aromatic carbocycles. The maximum atomic E-state index is 13.1. The van der Waals surface area contributed by atoms with Crippen LogP contribution < -0.4 is 5.01 Å². The zero-order valence-electron chi connectivity index (χ0n) is 18.4. The van der Waals surface area contributed by atoms with Crippen LogP contribution in [0.25, 0.3) is 5.70 Å². The third-order valence-electron chi connectivity index (χ3n) is 6.21. The maximum Gasteiger partial charge on any atom is 0.376 e. The fraction of sp³-hybridized carbons (Fsp3) is 0.192. The molecule has 8 heteroatoms. The van der Waals surface area contributed by atoms with Gasteiger partial charge in [0.1, 0.15) is 0 Å². The van der Waals surface area contributed by atoms with Gasteiger partial charge in [0.15, 0.2) is 0 Å². The summed E-state index contributed by atoms with van der Waals surface area (Å²) in [5.74, 6) is 0.354. The van der Waals surface area contributed by atoms with E-state index in [2.05, 4.69) is 29.6 Å². The molecule has 3 aliphatic rings. The molecule has 170 valence electrons. The summed E-state index contributed by atoms with van der Waals surface area (Å²) in [6, 6.07) is 19.7. The molecule has 0 spiro atoms. The smallest absolute Gasteiger partial charge is 0.376 e. The van der Waals surface area contributed by atoms with Crippen molar-refractivity contribution in [2.24, 2.45) is 10.1 Å². The number of thiophene rings is 1. The number of anilines is 1. The number of aliphatic imine (C=N–C) groups is 1. The average molecular weight is 489 g/mol. The molecule has 0 saturated carbocycles. The lowest BCUT2D eigenvalue weighted by molar-refractivity contribution is -0.135. The molecule has 0 fully saturated rings. The molecular formula is C26H21ClN4O2S. The summed E-state index contributed by atoms with van der Waals surface area (Å²) >= 11 is 7.81. The Hall–Kier alpha value is -3.42. The third kappa shape index (κ3) is 3.35. The quantitative estimate of drug-likeness (QED) is 0.431. The van der Waals surface area contributed by atoms with Gasteiger partial charge >= 0.3 is 5.97 Å². The van der Waals surface area contributed by atoms with E-state index in [1.807, 2.05) is 29.2 Å². The summed E-state index contributed by atoms with van der Waals surface area (Å²) < 4.78 is 5.41. The molecule has 0 saturated heterocycles. The minimum Gasteiger partial charge on any atom is -0.460 e. The molecule has 6 nitrogen and oxygen atoms in total. The summed E-state index contributed by atoms with van der Waals surface area (Å²) in [7, 11) is 0. The molecule has 0 amide bonds. The first kappa shape index (κ1) is 21.1. The van der Waals surface area contributed by atoms with Crippen molar-refractivity contribution >= 4 is 52.1 Å². The first-order valence-corrected chi connectivity index (χ1v) is 12.5. The molecular weight excluding hydrogens is 468 g/mol. The number of carbonyl (C=O) groups is 1. The standard InChI is InChI=1S/C26H21ClN4O2S/c1-2-33-25(32)24-29-31(18-12-10-17(27)11-13-18)26-28-22-19-7-4-3-6-16(19)9-14-20(22)23(30(24)26)21-8-5-15-34-21/h3-8,10-13,15,23H,2,9,14H2,1H3/t23-/m1/s1. The van der Waals surface area contributed by atoms with Gasteiger partial charge in [0.05, 0.1) is 24.0 Å². The number of ether oxygens (including phenoxy) is 1. The van der Waals surface area contributed by atoms with E-state index in [1.54, 1.807) is 35.4 Å². The van der Waals surface area contributed by atoms with Crippen molar-refractivity contribution in [3.63, 3.8) is 0 Å². The number of nitrogens with zero attached hydrogens (tertiary/aromatic N) is 4. The zero-order chi connectivity index (χ0) is 23.2. The van der Waals surface area contributed by atoms with E-state index in [9.17, 15) is 4.79 Å². The Morgan fingerprint density at radius 3 is 2.71 bits per heavy atom. The normalized spacial score (nSPS) is 18.7. The van der Waals surface area contributed by atoms with E-state index < -0.39 is 5.97 Å². The predicted octanol–water partition coefficient (Wildman–Crippen LogP) is 5.87. The van der Waals surface area contributed by atoms with Crippen LogP contribution >= 0.6 is 22.9 Å². The van der Waals surface area contributed by atoms with Gasteiger partial charge in [-0.2, -0.15) is 5.01 Å². The van der Waals surface area contributed by atoms with Gasteiger partial charge in [-0.3, -0.25) is 4.90 Å². The molecule has 3 aromatic rings. The second kappa shape index (κ2) is 8.42. The Labute approximate surface area is 206 Å². The maximum absolute atomic E-state index is 13.1. The first-order valence-electron chi connectivity index (χ1n) is 11.2. The van der Waals surface area contributed by atoms with Gasteiger partial charge in [0, 0.05) is 15.5 Å². The largest absolute Gasteiger partial charge is 0.460 e. The molecule has 2 aliphatic heterocycles. The summed E-state index contributed by atoms with van der Waals surface area (Å²) in [5, 5.41) is 9.13. The minimum atomic E-state index is -0.464. The second-order valence-corrected chi connectivity index (χ2v) is 9.58. The van der Waals surface area contributed by atoms with Crippen LogP contribution in [0.5, 0.6) is 0 Å². The molecule has 0 unspecified atom stereocenters. The lowest BCUT2D eigenvalue weighted by atomic mass is 9.84. The van der Waals surface area contributed by atoms with Gasteiger partial charge in [-0.1, -0.05) is 41.9 Å².